The summed E-state index contributed by atoms with van der Waals surface area (Å²) >= 11 is 0. The molecule has 0 atom stereocenters. The van der Waals surface area contributed by atoms with E-state index in [2.05, 4.69) is 10.2 Å². The van der Waals surface area contributed by atoms with Crippen molar-refractivity contribution >= 4 is 16.9 Å². The van der Waals surface area contributed by atoms with Gasteiger partial charge in [0.15, 0.2) is 0 Å². The van der Waals surface area contributed by atoms with E-state index >= 15 is 0 Å². The highest BCUT2D eigenvalue weighted by molar-refractivity contribution is 5.81. The average molecular weight is 284 g/mol. The second kappa shape index (κ2) is 4.86. The summed E-state index contributed by atoms with van der Waals surface area (Å²) in [7, 11) is 0. The van der Waals surface area contributed by atoms with Crippen LogP contribution in [0, 0.1) is 6.92 Å². The number of fused-ring (bicyclic) bond motifs is 1. The van der Waals surface area contributed by atoms with Crippen LogP contribution in [0.1, 0.15) is 5.69 Å². The van der Waals surface area contributed by atoms with Crippen LogP contribution in [0.5, 0.6) is 0 Å². The van der Waals surface area contributed by atoms with Crippen molar-refractivity contribution in [1.82, 2.24) is 19.6 Å². The lowest BCUT2D eigenvalue weighted by molar-refractivity contribution is -0.138. The van der Waals surface area contributed by atoms with Gasteiger partial charge >= 0.3 is 5.97 Å². The molecule has 0 amide bonds. The summed E-state index contributed by atoms with van der Waals surface area (Å²) in [5.41, 5.74) is 1.15. The normalized spacial score (nSPS) is 10.9. The Bertz CT molecular complexity index is 880. The molecule has 0 spiro atoms. The van der Waals surface area contributed by atoms with Gasteiger partial charge in [0.05, 0.1) is 17.6 Å². The molecule has 0 saturated carbocycles. The maximum atomic E-state index is 12.4. The Morgan fingerprint density at radius 2 is 2.00 bits per heavy atom. The third-order valence-corrected chi connectivity index (χ3v) is 3.15. The van der Waals surface area contributed by atoms with Crippen molar-refractivity contribution in [3.05, 3.63) is 52.6 Å². The Labute approximate surface area is 119 Å². The van der Waals surface area contributed by atoms with Crippen molar-refractivity contribution in [3.63, 3.8) is 0 Å². The average Bonchev–Trinajstić information content (AvgIpc) is 2.90. The van der Waals surface area contributed by atoms with Crippen molar-refractivity contribution in [2.45, 2.75) is 13.5 Å². The first-order valence-corrected chi connectivity index (χ1v) is 6.30. The zero-order valence-electron chi connectivity index (χ0n) is 11.2. The summed E-state index contributed by atoms with van der Waals surface area (Å²) in [6.45, 7) is 1.24. The van der Waals surface area contributed by atoms with E-state index in [9.17, 15) is 9.59 Å². The minimum Gasteiger partial charge on any atom is -0.480 e. The van der Waals surface area contributed by atoms with Crippen LogP contribution in [-0.2, 0) is 11.3 Å². The predicted octanol–water partition coefficient (Wildman–Crippen LogP) is 0.975. The highest BCUT2D eigenvalue weighted by Crippen LogP contribution is 2.16. The molecule has 0 unspecified atom stereocenters. The number of aryl methyl sites for hydroxylation is 1. The summed E-state index contributed by atoms with van der Waals surface area (Å²) in [5.74, 6) is -1.12. The fourth-order valence-corrected chi connectivity index (χ4v) is 2.22. The van der Waals surface area contributed by atoms with Crippen molar-refractivity contribution in [1.29, 1.82) is 0 Å². The fourth-order valence-electron chi connectivity index (χ4n) is 2.22. The van der Waals surface area contributed by atoms with Gasteiger partial charge in [0.1, 0.15) is 12.1 Å². The maximum Gasteiger partial charge on any atom is 0.325 e. The number of carboxylic acids is 1. The Kier molecular flexibility index (Phi) is 3.02. The first-order chi connectivity index (χ1) is 10.1. The molecular weight excluding hydrogens is 272 g/mol. The van der Waals surface area contributed by atoms with Crippen LogP contribution in [-0.4, -0.2) is 30.6 Å². The van der Waals surface area contributed by atoms with E-state index in [1.165, 1.54) is 4.68 Å². The Morgan fingerprint density at radius 3 is 2.67 bits per heavy atom. The van der Waals surface area contributed by atoms with Gasteiger partial charge in [0, 0.05) is 5.39 Å². The van der Waals surface area contributed by atoms with Gasteiger partial charge in [-0.25, -0.2) is 9.36 Å². The number of para-hydroxylation sites is 1. The maximum absolute atomic E-state index is 12.4. The topological polar surface area (TPSA) is 90.0 Å². The quantitative estimate of drug-likeness (QED) is 0.774. The minimum atomic E-state index is -1.12. The molecule has 0 aliphatic heterocycles. The predicted molar refractivity (Wildman–Crippen MR) is 75.5 cm³/mol. The number of hydrogen-bond donors (Lipinski definition) is 1. The highest BCUT2D eigenvalue weighted by atomic mass is 16.4. The zero-order valence-corrected chi connectivity index (χ0v) is 11.2. The van der Waals surface area contributed by atoms with Gasteiger partial charge in [-0.15, -0.1) is 0 Å². The van der Waals surface area contributed by atoms with E-state index in [-0.39, 0.29) is 0 Å². The van der Waals surface area contributed by atoms with Crippen molar-refractivity contribution in [2.24, 2.45) is 0 Å². The fraction of sp³-hybridized carbons (Fsp3) is 0.143. The molecule has 21 heavy (non-hydrogen) atoms. The number of nitrogens with zero attached hydrogens (tertiary/aromatic N) is 4. The number of carboxylic acid groups (broad SMARTS) is 1. The lowest BCUT2D eigenvalue weighted by Crippen LogP contribution is -2.28. The smallest absolute Gasteiger partial charge is 0.325 e. The molecule has 0 saturated heterocycles. The lowest BCUT2D eigenvalue weighted by Gasteiger charge is -2.06. The van der Waals surface area contributed by atoms with E-state index in [0.717, 1.165) is 10.4 Å². The van der Waals surface area contributed by atoms with E-state index in [4.69, 9.17) is 5.11 Å². The number of benzene rings is 1. The molecule has 0 bridgehead atoms. The second-order valence-corrected chi connectivity index (χ2v) is 4.60. The Hall–Kier alpha value is -2.96. The van der Waals surface area contributed by atoms with Crippen LogP contribution >= 0.6 is 0 Å². The standard InChI is InChI=1S/C14H12N4O3/c1-9-11-7-15-18(10-5-3-2-4-6-10)13(11)14(21)17(16-9)8-12(19)20/h2-7H,8H2,1H3,(H,19,20). The molecule has 1 aromatic carbocycles. The first-order valence-electron chi connectivity index (χ1n) is 6.30. The molecule has 0 fully saturated rings. The van der Waals surface area contributed by atoms with Gasteiger partial charge in [-0.2, -0.15) is 10.2 Å². The molecule has 106 valence electrons. The van der Waals surface area contributed by atoms with E-state index < -0.39 is 18.1 Å². The van der Waals surface area contributed by atoms with Crippen LogP contribution in [0.3, 0.4) is 0 Å². The number of carbonyl (C=O) groups is 1. The summed E-state index contributed by atoms with van der Waals surface area (Å²) in [6.07, 6.45) is 1.57. The largest absolute Gasteiger partial charge is 0.480 e. The SMILES string of the molecule is Cc1nn(CC(=O)O)c(=O)c2c1cnn2-c1ccccc1. The van der Waals surface area contributed by atoms with Gasteiger partial charge in [-0.05, 0) is 19.1 Å². The van der Waals surface area contributed by atoms with E-state index in [0.29, 0.717) is 16.6 Å². The summed E-state index contributed by atoms with van der Waals surface area (Å²) in [5, 5.41) is 17.7. The second-order valence-electron chi connectivity index (χ2n) is 4.60. The Morgan fingerprint density at radius 1 is 1.29 bits per heavy atom. The molecule has 0 aliphatic carbocycles. The molecular formula is C14H12N4O3. The number of aromatic nitrogens is 4. The number of rotatable bonds is 3. The third-order valence-electron chi connectivity index (χ3n) is 3.15. The molecule has 2 heterocycles. The molecule has 7 heteroatoms. The summed E-state index contributed by atoms with van der Waals surface area (Å²) in [6, 6.07) is 9.19. The zero-order chi connectivity index (χ0) is 15.0. The molecule has 3 rings (SSSR count). The van der Waals surface area contributed by atoms with Crippen LogP contribution in [0.15, 0.2) is 41.3 Å². The molecule has 0 aliphatic rings. The van der Waals surface area contributed by atoms with Crippen molar-refractivity contribution < 1.29 is 9.90 Å². The van der Waals surface area contributed by atoms with Crippen LogP contribution < -0.4 is 5.56 Å². The number of aliphatic carboxylic acids is 1. The van der Waals surface area contributed by atoms with Crippen LogP contribution in [0.2, 0.25) is 0 Å². The summed E-state index contributed by atoms with van der Waals surface area (Å²) < 4.78 is 2.45. The Balaban J connectivity index is 2.32. The molecule has 1 N–H and O–H groups in total. The number of hydrogen-bond acceptors (Lipinski definition) is 4. The minimum absolute atomic E-state index is 0.329. The van der Waals surface area contributed by atoms with Crippen LogP contribution in [0.4, 0.5) is 0 Å². The van der Waals surface area contributed by atoms with E-state index in [1.54, 1.807) is 13.1 Å². The molecule has 0 radical (unpaired) electrons. The van der Waals surface area contributed by atoms with Gasteiger partial charge in [-0.1, -0.05) is 18.2 Å². The third kappa shape index (κ3) is 2.18. The highest BCUT2D eigenvalue weighted by Gasteiger charge is 2.15. The van der Waals surface area contributed by atoms with Crippen molar-refractivity contribution in [2.75, 3.05) is 0 Å². The molecule has 7 nitrogen and oxygen atoms in total. The molecule has 2 aromatic heterocycles. The monoisotopic (exact) mass is 284 g/mol. The van der Waals surface area contributed by atoms with E-state index in [1.807, 2.05) is 30.3 Å². The van der Waals surface area contributed by atoms with Crippen LogP contribution in [0.25, 0.3) is 16.6 Å². The first kappa shape index (κ1) is 13.0. The molecule has 3 aromatic rings. The van der Waals surface area contributed by atoms with Gasteiger partial charge in [0.25, 0.3) is 5.56 Å². The van der Waals surface area contributed by atoms with Gasteiger partial charge in [0.2, 0.25) is 0 Å². The summed E-state index contributed by atoms with van der Waals surface area (Å²) in [4.78, 5) is 23.3. The van der Waals surface area contributed by atoms with Gasteiger partial charge < -0.3 is 5.11 Å². The van der Waals surface area contributed by atoms with Crippen molar-refractivity contribution in [3.8, 4) is 5.69 Å². The van der Waals surface area contributed by atoms with Gasteiger partial charge in [-0.3, -0.25) is 9.59 Å². The lowest BCUT2D eigenvalue weighted by atomic mass is 10.2.